The van der Waals surface area contributed by atoms with Gasteiger partial charge in [-0.15, -0.1) is 0 Å². The van der Waals surface area contributed by atoms with Gasteiger partial charge < -0.3 is 30.7 Å². The van der Waals surface area contributed by atoms with Crippen LogP contribution in [0.25, 0.3) is 10.4 Å². The second kappa shape index (κ2) is 10.8. The average molecular weight is 519 g/mol. The Morgan fingerprint density at radius 2 is 1.78 bits per heavy atom. The Kier molecular flexibility index (Phi) is 7.96. The van der Waals surface area contributed by atoms with Crippen molar-refractivity contribution in [3.05, 3.63) is 66.3 Å². The Bertz CT molecular complexity index is 1320. The number of aliphatic hydroxyl groups excluding tert-OH is 3. The normalized spacial score (nSPS) is 21.2. The number of rotatable bonds is 8. The van der Waals surface area contributed by atoms with Crippen LogP contribution in [-0.2, 0) is 4.74 Å². The molecule has 194 valence electrons. The maximum atomic E-state index is 14.1. The van der Waals surface area contributed by atoms with Gasteiger partial charge in [0.25, 0.3) is 11.5 Å². The summed E-state index contributed by atoms with van der Waals surface area (Å²) in [6.45, 7) is -1.43. The zero-order chi connectivity index (χ0) is 26.7. The summed E-state index contributed by atoms with van der Waals surface area (Å²) in [5, 5.41) is 36.0. The van der Waals surface area contributed by atoms with Crippen LogP contribution >= 0.6 is 0 Å². The number of benzene rings is 1. The molecule has 36 heavy (non-hydrogen) atoms. The van der Waals surface area contributed by atoms with Crippen molar-refractivity contribution >= 4 is 17.3 Å². The zero-order valence-corrected chi connectivity index (χ0v) is 17.8. The maximum Gasteiger partial charge on any atom is 0.330 e. The van der Waals surface area contributed by atoms with Crippen LogP contribution in [0.4, 0.5) is 28.9 Å². The number of azide groups is 1. The number of carbonyl (C=O) groups is 1. The number of nitrogens with zero attached hydrogens (tertiary/aromatic N) is 4. The lowest BCUT2D eigenvalue weighted by Crippen LogP contribution is -2.39. The van der Waals surface area contributed by atoms with Crippen molar-refractivity contribution in [2.75, 3.05) is 25.0 Å². The number of halogens is 4. The van der Waals surface area contributed by atoms with Crippen LogP contribution in [0, 0.1) is 23.3 Å². The van der Waals surface area contributed by atoms with Gasteiger partial charge in [-0.1, -0.05) is 5.11 Å². The summed E-state index contributed by atoms with van der Waals surface area (Å²) in [6.07, 6.45) is -4.91. The van der Waals surface area contributed by atoms with Crippen molar-refractivity contribution in [3.8, 4) is 0 Å². The molecule has 1 fully saturated rings. The van der Waals surface area contributed by atoms with Crippen LogP contribution < -0.4 is 21.9 Å². The number of carbonyl (C=O) groups excluding carboxylic acids is 1. The van der Waals surface area contributed by atoms with Gasteiger partial charge in [0.2, 0.25) is 0 Å². The number of H-pyrrole nitrogens is 1. The largest absolute Gasteiger partial charge is 0.394 e. The van der Waals surface area contributed by atoms with E-state index in [0.29, 0.717) is 0 Å². The first kappa shape index (κ1) is 26.6. The molecule has 1 aromatic carbocycles. The molecule has 1 amide bonds. The Morgan fingerprint density at radius 1 is 1.14 bits per heavy atom. The van der Waals surface area contributed by atoms with Crippen LogP contribution in [0.15, 0.2) is 20.9 Å². The highest BCUT2D eigenvalue weighted by molar-refractivity contribution is 5.95. The molecule has 0 spiro atoms. The van der Waals surface area contributed by atoms with Crippen molar-refractivity contribution in [1.29, 1.82) is 0 Å². The molecule has 2 heterocycles. The first-order valence-corrected chi connectivity index (χ1v) is 9.94. The van der Waals surface area contributed by atoms with E-state index in [2.05, 4.69) is 10.4 Å². The number of hydrogen-bond donors (Lipinski definition) is 6. The van der Waals surface area contributed by atoms with Crippen LogP contribution in [0.5, 0.6) is 0 Å². The van der Waals surface area contributed by atoms with Crippen LogP contribution in [-0.4, -0.2) is 68.8 Å². The summed E-state index contributed by atoms with van der Waals surface area (Å²) in [5.41, 5.74) is 2.78. The highest BCUT2D eigenvalue weighted by Crippen LogP contribution is 2.30. The van der Waals surface area contributed by atoms with Crippen molar-refractivity contribution in [2.45, 2.75) is 24.5 Å². The standard InChI is InChI=1S/C18H17F4N7O7/c19-8-7(9(20)11(22)12(10(8)21)27-28-23)16(34)25-2-1-24-5-3-29(18(35)26-15(5)33)17-14(32)13(31)6(4-30)36-17/h3,6,13-14,17,24,30-32H,1-2,4H2,(H,25,34)(H,26,33,35)/t6-,13-,14-,17-/m1/s1. The van der Waals surface area contributed by atoms with Gasteiger partial charge >= 0.3 is 5.69 Å². The van der Waals surface area contributed by atoms with E-state index >= 15 is 0 Å². The topological polar surface area (TPSA) is 215 Å². The molecule has 1 aliphatic rings. The van der Waals surface area contributed by atoms with E-state index in [1.807, 2.05) is 15.2 Å². The number of nitrogens with one attached hydrogen (secondary N) is 3. The second-order valence-electron chi connectivity index (χ2n) is 7.29. The van der Waals surface area contributed by atoms with Gasteiger partial charge in [0.05, 0.1) is 6.61 Å². The minimum atomic E-state index is -2.09. The van der Waals surface area contributed by atoms with E-state index in [9.17, 15) is 42.2 Å². The molecule has 1 aliphatic heterocycles. The molecule has 1 aromatic heterocycles. The zero-order valence-electron chi connectivity index (χ0n) is 17.8. The van der Waals surface area contributed by atoms with E-state index < -0.39 is 89.4 Å². The lowest BCUT2D eigenvalue weighted by molar-refractivity contribution is -0.0549. The van der Waals surface area contributed by atoms with Gasteiger partial charge in [-0.25, -0.2) is 22.4 Å². The Balaban J connectivity index is 1.71. The van der Waals surface area contributed by atoms with Gasteiger partial charge in [-0.05, 0) is 5.53 Å². The summed E-state index contributed by atoms with van der Waals surface area (Å²) in [6, 6.07) is 0. The van der Waals surface area contributed by atoms with Crippen molar-refractivity contribution in [2.24, 2.45) is 5.11 Å². The molecule has 4 atom stereocenters. The minimum Gasteiger partial charge on any atom is -0.394 e. The summed E-state index contributed by atoms with van der Waals surface area (Å²) in [7, 11) is 0. The number of amides is 1. The lowest BCUT2D eigenvalue weighted by Gasteiger charge is -2.18. The van der Waals surface area contributed by atoms with Crippen molar-refractivity contribution < 1.29 is 42.4 Å². The maximum absolute atomic E-state index is 14.1. The first-order valence-electron chi connectivity index (χ1n) is 9.94. The second-order valence-corrected chi connectivity index (χ2v) is 7.29. The number of anilines is 1. The predicted octanol–water partition coefficient (Wildman–Crippen LogP) is -0.512. The fraction of sp³-hybridized carbons (Fsp3) is 0.389. The van der Waals surface area contributed by atoms with Gasteiger partial charge in [-0.3, -0.25) is 19.1 Å². The van der Waals surface area contributed by atoms with Crippen LogP contribution in [0.3, 0.4) is 0 Å². The Morgan fingerprint density at radius 3 is 2.33 bits per heavy atom. The molecule has 1 saturated heterocycles. The molecular formula is C18H17F4N7O7. The van der Waals surface area contributed by atoms with Gasteiger partial charge in [0.15, 0.2) is 29.5 Å². The minimum absolute atomic E-state index is 0.297. The molecule has 3 rings (SSSR count). The summed E-state index contributed by atoms with van der Waals surface area (Å²) >= 11 is 0. The molecule has 0 radical (unpaired) electrons. The average Bonchev–Trinajstić information content (AvgIpc) is 3.13. The highest BCUT2D eigenvalue weighted by atomic mass is 19.2. The molecular weight excluding hydrogens is 502 g/mol. The van der Waals surface area contributed by atoms with Crippen LogP contribution in [0.1, 0.15) is 16.6 Å². The van der Waals surface area contributed by atoms with Crippen LogP contribution in [0.2, 0.25) is 0 Å². The smallest absolute Gasteiger partial charge is 0.330 e. The third-order valence-corrected chi connectivity index (χ3v) is 5.10. The number of aromatic nitrogens is 2. The Labute approximate surface area is 196 Å². The molecule has 0 bridgehead atoms. The molecule has 0 aliphatic carbocycles. The van der Waals surface area contributed by atoms with Gasteiger partial charge in [-0.2, -0.15) is 0 Å². The van der Waals surface area contributed by atoms with E-state index in [1.54, 1.807) is 0 Å². The van der Waals surface area contributed by atoms with Gasteiger partial charge in [0.1, 0.15) is 35.3 Å². The monoisotopic (exact) mass is 519 g/mol. The molecule has 0 saturated carbocycles. The van der Waals surface area contributed by atoms with Gasteiger partial charge in [0, 0.05) is 24.2 Å². The van der Waals surface area contributed by atoms with E-state index in [4.69, 9.17) is 15.4 Å². The van der Waals surface area contributed by atoms with E-state index in [0.717, 1.165) is 10.8 Å². The lowest BCUT2D eigenvalue weighted by atomic mass is 10.1. The summed E-state index contributed by atoms with van der Waals surface area (Å²) in [5.74, 6) is -9.91. The number of ether oxygens (including phenoxy) is 1. The van der Waals surface area contributed by atoms with E-state index in [-0.39, 0.29) is 12.2 Å². The number of aliphatic hydroxyl groups is 3. The third kappa shape index (κ3) is 4.88. The molecule has 14 nitrogen and oxygen atoms in total. The molecule has 0 unspecified atom stereocenters. The SMILES string of the molecule is [N-]=[N+]=Nc1c(F)c(F)c(C(=O)NCCNc2cn([C@@H]3O[C@H](CO)[C@@H](O)[C@H]3O)c(=O)[nH]c2=O)c(F)c1F. The molecule has 2 aromatic rings. The molecule has 6 N–H and O–H groups in total. The summed E-state index contributed by atoms with van der Waals surface area (Å²) in [4.78, 5) is 40.2. The van der Waals surface area contributed by atoms with Crippen molar-refractivity contribution in [3.63, 3.8) is 0 Å². The quantitative estimate of drug-likeness (QED) is 0.0665. The third-order valence-electron chi connectivity index (χ3n) is 5.10. The predicted molar refractivity (Wildman–Crippen MR) is 110 cm³/mol. The van der Waals surface area contributed by atoms with Crippen molar-refractivity contribution in [1.82, 2.24) is 14.9 Å². The fourth-order valence-corrected chi connectivity index (χ4v) is 3.32. The highest BCUT2D eigenvalue weighted by Gasteiger charge is 2.43. The number of hydrogen-bond acceptors (Lipinski definition) is 9. The Hall–Kier alpha value is -3.96. The number of aromatic amines is 1. The first-order chi connectivity index (χ1) is 17.0. The fourth-order valence-electron chi connectivity index (χ4n) is 3.32. The summed E-state index contributed by atoms with van der Waals surface area (Å²) < 4.78 is 61.7. The van der Waals surface area contributed by atoms with E-state index in [1.165, 1.54) is 0 Å². The molecule has 18 heteroatoms.